The minimum absolute atomic E-state index is 0.213. The summed E-state index contributed by atoms with van der Waals surface area (Å²) < 4.78 is 11.3. The molecule has 126 valence electrons. The van der Waals surface area contributed by atoms with E-state index in [1.54, 1.807) is 7.11 Å². The zero-order valence-electron chi connectivity index (χ0n) is 14.6. The lowest BCUT2D eigenvalue weighted by atomic mass is 10.0. The van der Waals surface area contributed by atoms with Crippen molar-refractivity contribution in [1.82, 2.24) is 4.90 Å². The van der Waals surface area contributed by atoms with Gasteiger partial charge in [0.05, 0.1) is 13.7 Å². The van der Waals surface area contributed by atoms with Crippen molar-refractivity contribution in [2.24, 2.45) is 5.73 Å². The normalized spacial score (nSPS) is 12.5. The number of hydrogen-bond donors (Lipinski definition) is 1. The van der Waals surface area contributed by atoms with Crippen LogP contribution < -0.4 is 15.2 Å². The fraction of sp³-hybridized carbons (Fsp3) is 0.667. The number of likely N-dealkylation sites (N-methyl/N-ethyl adjacent to an activating group) is 1. The summed E-state index contributed by atoms with van der Waals surface area (Å²) in [6.45, 7) is 6.73. The SMILES string of the molecule is CCCCOc1ccc(C(CN)N(C)CCCC)cc1OC. The molecule has 0 aliphatic carbocycles. The summed E-state index contributed by atoms with van der Waals surface area (Å²) in [6.07, 6.45) is 4.55. The quantitative estimate of drug-likeness (QED) is 0.634. The van der Waals surface area contributed by atoms with Crippen LogP contribution in [0.2, 0.25) is 0 Å². The highest BCUT2D eigenvalue weighted by Crippen LogP contribution is 2.31. The lowest BCUT2D eigenvalue weighted by molar-refractivity contribution is 0.245. The molecule has 0 saturated heterocycles. The van der Waals surface area contributed by atoms with Gasteiger partial charge < -0.3 is 15.2 Å². The van der Waals surface area contributed by atoms with Crippen LogP contribution in [-0.2, 0) is 0 Å². The summed E-state index contributed by atoms with van der Waals surface area (Å²) >= 11 is 0. The number of ether oxygens (including phenoxy) is 2. The molecule has 0 bridgehead atoms. The lowest BCUT2D eigenvalue weighted by Gasteiger charge is -2.27. The van der Waals surface area contributed by atoms with Crippen LogP contribution in [0.1, 0.15) is 51.1 Å². The average molecular weight is 308 g/mol. The minimum atomic E-state index is 0.213. The molecule has 0 aliphatic heterocycles. The highest BCUT2D eigenvalue weighted by molar-refractivity contribution is 5.44. The van der Waals surface area contributed by atoms with Gasteiger partial charge in [-0.05, 0) is 44.1 Å². The Hall–Kier alpha value is -1.26. The second-order valence-electron chi connectivity index (χ2n) is 5.70. The van der Waals surface area contributed by atoms with E-state index < -0.39 is 0 Å². The number of hydrogen-bond acceptors (Lipinski definition) is 4. The molecule has 0 heterocycles. The molecule has 4 nitrogen and oxygen atoms in total. The predicted molar refractivity (Wildman–Crippen MR) is 92.7 cm³/mol. The molecule has 0 aromatic heterocycles. The Morgan fingerprint density at radius 3 is 2.45 bits per heavy atom. The van der Waals surface area contributed by atoms with E-state index in [2.05, 4.69) is 37.9 Å². The van der Waals surface area contributed by atoms with E-state index in [4.69, 9.17) is 15.2 Å². The Bertz CT molecular complexity index is 424. The van der Waals surface area contributed by atoms with Crippen LogP contribution in [0.3, 0.4) is 0 Å². The third kappa shape index (κ3) is 5.50. The van der Waals surface area contributed by atoms with Crippen LogP contribution in [0, 0.1) is 0 Å². The van der Waals surface area contributed by atoms with Crippen molar-refractivity contribution in [1.29, 1.82) is 0 Å². The summed E-state index contributed by atoms with van der Waals surface area (Å²) in [5, 5.41) is 0. The van der Waals surface area contributed by atoms with E-state index in [0.717, 1.165) is 37.5 Å². The number of benzene rings is 1. The molecule has 0 radical (unpaired) electrons. The Labute approximate surface area is 135 Å². The van der Waals surface area contributed by atoms with Gasteiger partial charge in [0, 0.05) is 12.6 Å². The zero-order valence-corrected chi connectivity index (χ0v) is 14.6. The monoisotopic (exact) mass is 308 g/mol. The maximum Gasteiger partial charge on any atom is 0.161 e. The minimum Gasteiger partial charge on any atom is -0.493 e. The van der Waals surface area contributed by atoms with Crippen molar-refractivity contribution in [3.05, 3.63) is 23.8 Å². The van der Waals surface area contributed by atoms with E-state index in [1.807, 2.05) is 6.07 Å². The molecule has 0 aliphatic rings. The summed E-state index contributed by atoms with van der Waals surface area (Å²) in [6, 6.07) is 6.37. The van der Waals surface area contributed by atoms with Gasteiger partial charge in [0.25, 0.3) is 0 Å². The zero-order chi connectivity index (χ0) is 16.4. The fourth-order valence-electron chi connectivity index (χ4n) is 2.47. The molecule has 1 aromatic carbocycles. The van der Waals surface area contributed by atoms with Crippen LogP contribution in [-0.4, -0.2) is 38.8 Å². The number of nitrogens with two attached hydrogens (primary N) is 1. The molecular formula is C18H32N2O2. The van der Waals surface area contributed by atoms with Gasteiger partial charge in [-0.3, -0.25) is 4.90 Å². The van der Waals surface area contributed by atoms with Crippen molar-refractivity contribution in [2.45, 2.75) is 45.6 Å². The largest absolute Gasteiger partial charge is 0.493 e. The van der Waals surface area contributed by atoms with Gasteiger partial charge in [0.2, 0.25) is 0 Å². The van der Waals surface area contributed by atoms with Crippen LogP contribution in [0.4, 0.5) is 0 Å². The highest BCUT2D eigenvalue weighted by Gasteiger charge is 2.17. The van der Waals surface area contributed by atoms with Crippen LogP contribution in [0.25, 0.3) is 0 Å². The smallest absolute Gasteiger partial charge is 0.161 e. The first-order valence-corrected chi connectivity index (χ1v) is 8.38. The summed E-state index contributed by atoms with van der Waals surface area (Å²) in [5.41, 5.74) is 7.17. The number of unbranched alkanes of at least 4 members (excludes halogenated alkanes) is 2. The van der Waals surface area contributed by atoms with E-state index in [-0.39, 0.29) is 6.04 Å². The average Bonchev–Trinajstić information content (AvgIpc) is 2.54. The highest BCUT2D eigenvalue weighted by atomic mass is 16.5. The van der Waals surface area contributed by atoms with Gasteiger partial charge in [-0.15, -0.1) is 0 Å². The molecule has 1 unspecified atom stereocenters. The van der Waals surface area contributed by atoms with Crippen LogP contribution >= 0.6 is 0 Å². The van der Waals surface area contributed by atoms with Gasteiger partial charge >= 0.3 is 0 Å². The second kappa shape index (κ2) is 10.5. The lowest BCUT2D eigenvalue weighted by Crippen LogP contribution is -2.31. The fourth-order valence-corrected chi connectivity index (χ4v) is 2.47. The van der Waals surface area contributed by atoms with Gasteiger partial charge in [-0.2, -0.15) is 0 Å². The molecule has 1 atom stereocenters. The maximum atomic E-state index is 5.99. The van der Waals surface area contributed by atoms with E-state index >= 15 is 0 Å². The molecule has 4 heteroatoms. The molecule has 0 fully saturated rings. The summed E-state index contributed by atoms with van der Waals surface area (Å²) in [4.78, 5) is 2.32. The molecule has 0 saturated carbocycles. The Morgan fingerprint density at radius 1 is 1.14 bits per heavy atom. The van der Waals surface area contributed by atoms with Crippen LogP contribution in [0.5, 0.6) is 11.5 Å². The molecule has 1 rings (SSSR count). The first-order chi connectivity index (χ1) is 10.7. The van der Waals surface area contributed by atoms with E-state index in [9.17, 15) is 0 Å². The molecule has 0 amide bonds. The summed E-state index contributed by atoms with van der Waals surface area (Å²) in [5.74, 6) is 1.60. The first kappa shape index (κ1) is 18.8. The Morgan fingerprint density at radius 2 is 1.86 bits per heavy atom. The Balaban J connectivity index is 2.84. The standard InChI is InChI=1S/C18H32N2O2/c1-5-7-11-20(3)16(14-19)15-9-10-17(18(13-15)21-4)22-12-8-6-2/h9-10,13,16H,5-8,11-12,14,19H2,1-4H3. The van der Waals surface area contributed by atoms with Gasteiger partial charge in [-0.1, -0.05) is 32.8 Å². The van der Waals surface area contributed by atoms with Crippen LogP contribution in [0.15, 0.2) is 18.2 Å². The molecule has 1 aromatic rings. The van der Waals surface area contributed by atoms with Gasteiger partial charge in [0.15, 0.2) is 11.5 Å². The van der Waals surface area contributed by atoms with E-state index in [1.165, 1.54) is 18.4 Å². The van der Waals surface area contributed by atoms with E-state index in [0.29, 0.717) is 6.54 Å². The molecular weight excluding hydrogens is 276 g/mol. The summed E-state index contributed by atoms with van der Waals surface area (Å²) in [7, 11) is 3.81. The molecule has 2 N–H and O–H groups in total. The van der Waals surface area contributed by atoms with Crippen molar-refractivity contribution in [2.75, 3.05) is 33.9 Å². The number of methoxy groups -OCH3 is 1. The third-order valence-corrected chi connectivity index (χ3v) is 3.95. The van der Waals surface area contributed by atoms with Crippen molar-refractivity contribution < 1.29 is 9.47 Å². The number of nitrogens with zero attached hydrogens (tertiary/aromatic N) is 1. The molecule has 22 heavy (non-hydrogen) atoms. The third-order valence-electron chi connectivity index (χ3n) is 3.95. The number of rotatable bonds is 11. The maximum absolute atomic E-state index is 5.99. The Kier molecular flexibility index (Phi) is 8.94. The van der Waals surface area contributed by atoms with Gasteiger partial charge in [-0.25, -0.2) is 0 Å². The van der Waals surface area contributed by atoms with Crippen molar-refractivity contribution in [3.8, 4) is 11.5 Å². The predicted octanol–water partition coefficient (Wildman–Crippen LogP) is 3.61. The van der Waals surface area contributed by atoms with Crippen molar-refractivity contribution in [3.63, 3.8) is 0 Å². The topological polar surface area (TPSA) is 47.7 Å². The second-order valence-corrected chi connectivity index (χ2v) is 5.70. The molecule has 0 spiro atoms. The van der Waals surface area contributed by atoms with Crippen molar-refractivity contribution >= 4 is 0 Å². The van der Waals surface area contributed by atoms with Gasteiger partial charge in [0.1, 0.15) is 0 Å². The first-order valence-electron chi connectivity index (χ1n) is 8.38.